The molecular weight excluding hydrogens is 396 g/mol. The summed E-state index contributed by atoms with van der Waals surface area (Å²) in [6, 6.07) is 23.2. The van der Waals surface area contributed by atoms with Crippen molar-refractivity contribution < 1.29 is 9.59 Å². The largest absolute Gasteiger partial charge is 0.322 e. The average Bonchev–Trinajstić information content (AvgIpc) is 3.19. The van der Waals surface area contributed by atoms with Gasteiger partial charge in [0.2, 0.25) is 0 Å². The quantitative estimate of drug-likeness (QED) is 0.472. The van der Waals surface area contributed by atoms with Gasteiger partial charge in [0.25, 0.3) is 5.91 Å². The molecule has 0 radical (unpaired) electrons. The first-order valence-electron chi connectivity index (χ1n) is 9.24. The van der Waals surface area contributed by atoms with E-state index >= 15 is 0 Å². The molecule has 0 aliphatic carbocycles. The lowest BCUT2D eigenvalue weighted by Gasteiger charge is -2.10. The molecule has 0 saturated heterocycles. The topological polar surface area (TPSA) is 76.9 Å². The zero-order valence-electron chi connectivity index (χ0n) is 16.1. The van der Waals surface area contributed by atoms with Gasteiger partial charge in [-0.2, -0.15) is 0 Å². The van der Waals surface area contributed by atoms with Gasteiger partial charge in [-0.05, 0) is 42.1 Å². The molecule has 1 amide bonds. The Morgan fingerprint density at radius 1 is 0.867 bits per heavy atom. The third-order valence-corrected chi connectivity index (χ3v) is 5.50. The lowest BCUT2D eigenvalue weighted by Crippen LogP contribution is -2.16. The van der Waals surface area contributed by atoms with E-state index in [0.29, 0.717) is 22.4 Å². The Hall–Kier alpha value is -3.71. The third-order valence-electron chi connectivity index (χ3n) is 4.44. The van der Waals surface area contributed by atoms with E-state index in [1.54, 1.807) is 54.9 Å². The lowest BCUT2D eigenvalue weighted by molar-refractivity contribution is 0.0996. The monoisotopic (exact) mass is 414 g/mol. The minimum absolute atomic E-state index is 0.184. The van der Waals surface area contributed by atoms with Gasteiger partial charge in [0.15, 0.2) is 10.9 Å². The summed E-state index contributed by atoms with van der Waals surface area (Å²) in [7, 11) is 1.88. The number of anilines is 1. The molecule has 1 aromatic heterocycles. The number of carbonyl (C=O) groups is 2. The van der Waals surface area contributed by atoms with Crippen LogP contribution in [-0.2, 0) is 7.05 Å². The van der Waals surface area contributed by atoms with Gasteiger partial charge in [-0.3, -0.25) is 9.59 Å². The van der Waals surface area contributed by atoms with Gasteiger partial charge in [0.05, 0.1) is 5.56 Å². The first-order valence-corrected chi connectivity index (χ1v) is 10.1. The first-order chi connectivity index (χ1) is 14.6. The molecule has 148 valence electrons. The summed E-state index contributed by atoms with van der Waals surface area (Å²) in [6.45, 7) is 0. The van der Waals surface area contributed by atoms with Crippen LogP contribution in [0.4, 0.5) is 5.69 Å². The summed E-state index contributed by atoms with van der Waals surface area (Å²) in [4.78, 5) is 26.7. The van der Waals surface area contributed by atoms with E-state index in [0.717, 1.165) is 10.1 Å². The van der Waals surface area contributed by atoms with E-state index < -0.39 is 0 Å². The highest BCUT2D eigenvalue weighted by atomic mass is 32.2. The molecular formula is C23H18N4O2S. The number of ketones is 1. The Bertz CT molecular complexity index is 1190. The predicted molar refractivity (Wildman–Crippen MR) is 116 cm³/mol. The van der Waals surface area contributed by atoms with Crippen LogP contribution in [0, 0.1) is 0 Å². The van der Waals surface area contributed by atoms with E-state index in [1.807, 2.05) is 41.9 Å². The molecule has 0 spiro atoms. The van der Waals surface area contributed by atoms with E-state index in [1.165, 1.54) is 11.8 Å². The molecule has 0 atom stereocenters. The fourth-order valence-corrected chi connectivity index (χ4v) is 3.66. The number of benzene rings is 3. The van der Waals surface area contributed by atoms with Crippen LogP contribution in [0.15, 0.2) is 95.2 Å². The molecule has 6 nitrogen and oxygen atoms in total. The second-order valence-corrected chi connectivity index (χ2v) is 7.59. The maximum absolute atomic E-state index is 12.9. The molecule has 0 saturated carbocycles. The minimum atomic E-state index is -0.330. The number of carbonyl (C=O) groups excluding carboxylic acids is 2. The Kier molecular flexibility index (Phi) is 5.72. The van der Waals surface area contributed by atoms with E-state index in [9.17, 15) is 9.59 Å². The Labute approximate surface area is 178 Å². The molecule has 0 aliphatic rings. The Morgan fingerprint density at radius 3 is 2.20 bits per heavy atom. The highest BCUT2D eigenvalue weighted by Gasteiger charge is 2.18. The van der Waals surface area contributed by atoms with Crippen LogP contribution in [0.1, 0.15) is 26.3 Å². The predicted octanol–water partition coefficient (Wildman–Crippen LogP) is 4.45. The van der Waals surface area contributed by atoms with Crippen LogP contribution in [0.5, 0.6) is 0 Å². The fourth-order valence-electron chi connectivity index (χ4n) is 2.90. The van der Waals surface area contributed by atoms with Crippen molar-refractivity contribution in [2.75, 3.05) is 5.32 Å². The molecule has 0 unspecified atom stereocenters. The van der Waals surface area contributed by atoms with Crippen molar-refractivity contribution in [3.8, 4) is 0 Å². The van der Waals surface area contributed by atoms with Crippen molar-refractivity contribution in [1.29, 1.82) is 0 Å². The molecule has 0 fully saturated rings. The summed E-state index contributed by atoms with van der Waals surface area (Å²) in [6.07, 6.45) is 1.64. The molecule has 0 aliphatic heterocycles. The van der Waals surface area contributed by atoms with Crippen LogP contribution in [0.2, 0.25) is 0 Å². The zero-order valence-corrected chi connectivity index (χ0v) is 17.0. The van der Waals surface area contributed by atoms with Gasteiger partial charge < -0.3 is 9.88 Å². The number of aryl methyl sites for hydroxylation is 1. The second-order valence-electron chi connectivity index (χ2n) is 6.55. The van der Waals surface area contributed by atoms with Gasteiger partial charge in [-0.25, -0.2) is 0 Å². The molecule has 7 heteroatoms. The number of aromatic nitrogens is 3. The summed E-state index contributed by atoms with van der Waals surface area (Å²) in [5.74, 6) is -0.514. The highest BCUT2D eigenvalue weighted by Crippen LogP contribution is 2.26. The van der Waals surface area contributed by atoms with Crippen molar-refractivity contribution in [3.05, 3.63) is 102 Å². The van der Waals surface area contributed by atoms with Crippen LogP contribution in [0.3, 0.4) is 0 Å². The smallest absolute Gasteiger partial charge is 0.256 e. The summed E-state index contributed by atoms with van der Waals surface area (Å²) in [5, 5.41) is 11.6. The van der Waals surface area contributed by atoms with Crippen LogP contribution >= 0.6 is 11.8 Å². The molecule has 30 heavy (non-hydrogen) atoms. The van der Waals surface area contributed by atoms with Gasteiger partial charge in [0, 0.05) is 28.8 Å². The molecule has 3 aromatic carbocycles. The fraction of sp³-hybridized carbons (Fsp3) is 0.0435. The van der Waals surface area contributed by atoms with Crippen molar-refractivity contribution in [1.82, 2.24) is 14.8 Å². The van der Waals surface area contributed by atoms with Crippen molar-refractivity contribution >= 4 is 29.1 Å². The summed E-state index contributed by atoms with van der Waals surface area (Å²) < 4.78 is 1.83. The number of amides is 1. The van der Waals surface area contributed by atoms with E-state index in [4.69, 9.17) is 0 Å². The van der Waals surface area contributed by atoms with Gasteiger partial charge in [-0.15, -0.1) is 10.2 Å². The maximum Gasteiger partial charge on any atom is 0.256 e. The number of rotatable bonds is 6. The molecule has 4 rings (SSSR count). The summed E-state index contributed by atoms with van der Waals surface area (Å²) >= 11 is 1.48. The highest BCUT2D eigenvalue weighted by molar-refractivity contribution is 7.99. The maximum atomic E-state index is 12.9. The number of hydrogen-bond acceptors (Lipinski definition) is 5. The average molecular weight is 414 g/mol. The summed E-state index contributed by atoms with van der Waals surface area (Å²) in [5.41, 5.74) is 1.90. The van der Waals surface area contributed by atoms with Crippen LogP contribution in [-0.4, -0.2) is 26.5 Å². The molecule has 1 heterocycles. The van der Waals surface area contributed by atoms with E-state index in [-0.39, 0.29) is 11.7 Å². The zero-order chi connectivity index (χ0) is 20.9. The first kappa shape index (κ1) is 19.6. The van der Waals surface area contributed by atoms with Crippen molar-refractivity contribution in [3.63, 3.8) is 0 Å². The molecule has 0 bridgehead atoms. The van der Waals surface area contributed by atoms with Gasteiger partial charge in [-0.1, -0.05) is 48.5 Å². The van der Waals surface area contributed by atoms with Gasteiger partial charge in [0.1, 0.15) is 6.33 Å². The van der Waals surface area contributed by atoms with Crippen molar-refractivity contribution in [2.45, 2.75) is 10.1 Å². The normalized spacial score (nSPS) is 10.6. The Balaban J connectivity index is 1.51. The number of nitrogens with one attached hydrogen (secondary N) is 1. The second kappa shape index (κ2) is 8.75. The van der Waals surface area contributed by atoms with Crippen molar-refractivity contribution in [2.24, 2.45) is 7.05 Å². The van der Waals surface area contributed by atoms with E-state index in [2.05, 4.69) is 15.5 Å². The molecule has 1 N–H and O–H groups in total. The van der Waals surface area contributed by atoms with Crippen LogP contribution < -0.4 is 5.32 Å². The standard InChI is InChI=1S/C23H18N4O2S/c1-27-15-24-26-23(27)30-18-13-11-17(12-14-18)25-22(29)20-10-6-5-9-19(20)21(28)16-7-3-2-4-8-16/h2-15H,1H3,(H,25,29). The third kappa shape index (κ3) is 4.31. The Morgan fingerprint density at radius 2 is 1.53 bits per heavy atom. The number of nitrogens with zero attached hydrogens (tertiary/aromatic N) is 3. The SMILES string of the molecule is Cn1cnnc1Sc1ccc(NC(=O)c2ccccc2C(=O)c2ccccc2)cc1. The number of hydrogen-bond donors (Lipinski definition) is 1. The van der Waals surface area contributed by atoms with Gasteiger partial charge >= 0.3 is 0 Å². The van der Waals surface area contributed by atoms with Crippen LogP contribution in [0.25, 0.3) is 0 Å². The molecule has 4 aromatic rings. The minimum Gasteiger partial charge on any atom is -0.322 e. The lowest BCUT2D eigenvalue weighted by atomic mass is 9.98.